The quantitative estimate of drug-likeness (QED) is 0.733. The van der Waals surface area contributed by atoms with E-state index < -0.39 is 0 Å². The van der Waals surface area contributed by atoms with Crippen molar-refractivity contribution in [3.63, 3.8) is 0 Å². The van der Waals surface area contributed by atoms with Gasteiger partial charge in [0.05, 0.1) is 6.54 Å². The molecule has 5 nitrogen and oxygen atoms in total. The fourth-order valence-electron chi connectivity index (χ4n) is 2.76. The van der Waals surface area contributed by atoms with E-state index in [1.165, 1.54) is 32.6 Å². The zero-order valence-corrected chi connectivity index (χ0v) is 13.2. The first-order valence-corrected chi connectivity index (χ1v) is 8.04. The van der Waals surface area contributed by atoms with Crippen LogP contribution in [0, 0.1) is 0 Å². The van der Waals surface area contributed by atoms with E-state index in [0.29, 0.717) is 6.04 Å². The Kier molecular flexibility index (Phi) is 6.25. The summed E-state index contributed by atoms with van der Waals surface area (Å²) < 4.78 is 0. The third kappa shape index (κ3) is 5.76. The van der Waals surface area contributed by atoms with Crippen LogP contribution in [0.4, 0.5) is 11.4 Å². The number of nitrogens with one attached hydrogen (secondary N) is 3. The van der Waals surface area contributed by atoms with Crippen molar-refractivity contribution < 1.29 is 9.59 Å². The van der Waals surface area contributed by atoms with Gasteiger partial charge in [-0.2, -0.15) is 0 Å². The second kappa shape index (κ2) is 8.41. The van der Waals surface area contributed by atoms with Gasteiger partial charge in [0.2, 0.25) is 11.8 Å². The summed E-state index contributed by atoms with van der Waals surface area (Å²) in [7, 11) is 0. The first kappa shape index (κ1) is 16.3. The normalized spacial score (nSPS) is 15.7. The molecular formula is C17H25N3O2. The lowest BCUT2D eigenvalue weighted by molar-refractivity contribution is -0.120. The topological polar surface area (TPSA) is 70.2 Å². The van der Waals surface area contributed by atoms with Gasteiger partial charge in [0.25, 0.3) is 0 Å². The number of amides is 2. The van der Waals surface area contributed by atoms with Crippen molar-refractivity contribution in [2.24, 2.45) is 0 Å². The van der Waals surface area contributed by atoms with Crippen LogP contribution in [0.25, 0.3) is 0 Å². The van der Waals surface area contributed by atoms with Crippen molar-refractivity contribution >= 4 is 23.2 Å². The Morgan fingerprint density at radius 1 is 1.00 bits per heavy atom. The Labute approximate surface area is 131 Å². The number of carbonyl (C=O) groups excluding carboxylic acids is 2. The van der Waals surface area contributed by atoms with E-state index in [1.807, 2.05) is 24.3 Å². The molecule has 1 fully saturated rings. The van der Waals surface area contributed by atoms with Gasteiger partial charge in [-0.05, 0) is 37.1 Å². The zero-order valence-electron chi connectivity index (χ0n) is 13.2. The van der Waals surface area contributed by atoms with Crippen LogP contribution in [0.3, 0.4) is 0 Å². The number of benzene rings is 1. The minimum atomic E-state index is -0.0940. The van der Waals surface area contributed by atoms with Crippen LogP contribution in [0.2, 0.25) is 0 Å². The molecule has 1 saturated carbocycles. The molecule has 0 bridgehead atoms. The van der Waals surface area contributed by atoms with Crippen LogP contribution >= 0.6 is 0 Å². The third-order valence-corrected chi connectivity index (χ3v) is 3.88. The minimum absolute atomic E-state index is 0.0397. The van der Waals surface area contributed by atoms with Crippen LogP contribution in [-0.2, 0) is 9.59 Å². The van der Waals surface area contributed by atoms with Gasteiger partial charge < -0.3 is 16.0 Å². The molecule has 22 heavy (non-hydrogen) atoms. The highest BCUT2D eigenvalue weighted by Gasteiger charge is 2.14. The van der Waals surface area contributed by atoms with Gasteiger partial charge in [-0.15, -0.1) is 0 Å². The molecule has 0 spiro atoms. The van der Waals surface area contributed by atoms with E-state index >= 15 is 0 Å². The van der Waals surface area contributed by atoms with Crippen molar-refractivity contribution in [2.75, 3.05) is 17.2 Å². The average Bonchev–Trinajstić information content (AvgIpc) is 2.74. The molecule has 0 aromatic heterocycles. The molecule has 0 heterocycles. The molecular weight excluding hydrogens is 278 g/mol. The van der Waals surface area contributed by atoms with Crippen molar-refractivity contribution in [2.45, 2.75) is 51.5 Å². The summed E-state index contributed by atoms with van der Waals surface area (Å²) in [5.74, 6) is -0.0543. The maximum atomic E-state index is 12.0. The predicted molar refractivity (Wildman–Crippen MR) is 88.9 cm³/mol. The van der Waals surface area contributed by atoms with Gasteiger partial charge in [0.1, 0.15) is 0 Å². The van der Waals surface area contributed by atoms with E-state index in [4.69, 9.17) is 0 Å². The lowest BCUT2D eigenvalue weighted by atomic mass is 10.1. The molecule has 1 aromatic carbocycles. The van der Waals surface area contributed by atoms with E-state index in [1.54, 1.807) is 0 Å². The van der Waals surface area contributed by atoms with Crippen molar-refractivity contribution in [3.8, 4) is 0 Å². The third-order valence-electron chi connectivity index (χ3n) is 3.88. The van der Waals surface area contributed by atoms with Crippen molar-refractivity contribution in [3.05, 3.63) is 24.3 Å². The molecule has 2 rings (SSSR count). The van der Waals surface area contributed by atoms with E-state index in [0.717, 1.165) is 24.2 Å². The summed E-state index contributed by atoms with van der Waals surface area (Å²) in [5, 5.41) is 8.92. The van der Waals surface area contributed by atoms with Crippen LogP contribution in [-0.4, -0.2) is 24.4 Å². The smallest absolute Gasteiger partial charge is 0.239 e. The highest BCUT2D eigenvalue weighted by atomic mass is 16.2. The molecule has 1 aliphatic rings. The molecule has 0 saturated heterocycles. The Bertz CT molecular complexity index is 491. The molecule has 2 amide bonds. The Balaban J connectivity index is 1.74. The summed E-state index contributed by atoms with van der Waals surface area (Å²) in [6, 6.07) is 7.66. The summed E-state index contributed by atoms with van der Waals surface area (Å²) >= 11 is 0. The number of hydrogen-bond donors (Lipinski definition) is 3. The van der Waals surface area contributed by atoms with Crippen molar-refractivity contribution in [1.29, 1.82) is 0 Å². The predicted octanol–water partition coefficient (Wildman–Crippen LogP) is 2.90. The zero-order chi connectivity index (χ0) is 15.8. The Morgan fingerprint density at radius 3 is 2.18 bits per heavy atom. The van der Waals surface area contributed by atoms with Gasteiger partial charge in [-0.3, -0.25) is 9.59 Å². The van der Waals surface area contributed by atoms with E-state index in [2.05, 4.69) is 16.0 Å². The fraction of sp³-hybridized carbons (Fsp3) is 0.529. The molecule has 5 heteroatoms. The molecule has 0 aliphatic heterocycles. The molecule has 0 radical (unpaired) electrons. The summed E-state index contributed by atoms with van der Waals surface area (Å²) in [6.07, 6.45) is 7.18. The van der Waals surface area contributed by atoms with Gasteiger partial charge in [-0.25, -0.2) is 0 Å². The molecule has 120 valence electrons. The molecule has 0 atom stereocenters. The molecule has 0 unspecified atom stereocenters. The maximum absolute atomic E-state index is 12.0. The van der Waals surface area contributed by atoms with Crippen LogP contribution in [0.5, 0.6) is 0 Å². The standard InChI is InChI=1S/C17H25N3O2/c1-13(21)19-16-10-8-14(9-11-16)18-12-17(22)20-15-6-4-2-3-5-7-15/h8-11,15,18H,2-7,12H2,1H3,(H,19,21)(H,20,22). The molecule has 3 N–H and O–H groups in total. The minimum Gasteiger partial charge on any atom is -0.376 e. The SMILES string of the molecule is CC(=O)Nc1ccc(NCC(=O)NC2CCCCCC2)cc1. The van der Waals surface area contributed by atoms with E-state index in [-0.39, 0.29) is 18.4 Å². The highest BCUT2D eigenvalue weighted by molar-refractivity contribution is 5.88. The fourth-order valence-corrected chi connectivity index (χ4v) is 2.76. The summed E-state index contributed by atoms with van der Waals surface area (Å²) in [4.78, 5) is 22.9. The van der Waals surface area contributed by atoms with Crippen LogP contribution in [0.15, 0.2) is 24.3 Å². The van der Waals surface area contributed by atoms with E-state index in [9.17, 15) is 9.59 Å². The van der Waals surface area contributed by atoms with Gasteiger partial charge in [-0.1, -0.05) is 25.7 Å². The second-order valence-corrected chi connectivity index (χ2v) is 5.87. The van der Waals surface area contributed by atoms with Gasteiger partial charge in [0.15, 0.2) is 0 Å². The first-order chi connectivity index (χ1) is 10.6. The monoisotopic (exact) mass is 303 g/mol. The van der Waals surface area contributed by atoms with Gasteiger partial charge >= 0.3 is 0 Å². The number of rotatable bonds is 5. The molecule has 1 aliphatic carbocycles. The Hall–Kier alpha value is -2.04. The van der Waals surface area contributed by atoms with Crippen molar-refractivity contribution in [1.82, 2.24) is 5.32 Å². The second-order valence-electron chi connectivity index (χ2n) is 5.87. The van der Waals surface area contributed by atoms with Crippen LogP contribution in [0.1, 0.15) is 45.4 Å². The Morgan fingerprint density at radius 2 is 1.59 bits per heavy atom. The van der Waals surface area contributed by atoms with Crippen LogP contribution < -0.4 is 16.0 Å². The number of carbonyl (C=O) groups is 2. The summed E-state index contributed by atoms with van der Waals surface area (Å²) in [6.45, 7) is 1.75. The summed E-state index contributed by atoms with van der Waals surface area (Å²) in [5.41, 5.74) is 1.62. The molecule has 1 aromatic rings. The number of anilines is 2. The lowest BCUT2D eigenvalue weighted by Gasteiger charge is -2.16. The first-order valence-electron chi connectivity index (χ1n) is 8.04. The average molecular weight is 303 g/mol. The lowest BCUT2D eigenvalue weighted by Crippen LogP contribution is -2.38. The highest BCUT2D eigenvalue weighted by Crippen LogP contribution is 2.17. The maximum Gasteiger partial charge on any atom is 0.239 e. The largest absolute Gasteiger partial charge is 0.376 e. The number of hydrogen-bond acceptors (Lipinski definition) is 3. The van der Waals surface area contributed by atoms with Gasteiger partial charge in [0, 0.05) is 24.3 Å².